The molecule has 6 nitrogen and oxygen atoms in total. The summed E-state index contributed by atoms with van der Waals surface area (Å²) >= 11 is 0. The van der Waals surface area contributed by atoms with E-state index in [4.69, 9.17) is 9.47 Å². The molecule has 1 heterocycles. The minimum atomic E-state index is -0.682. The van der Waals surface area contributed by atoms with Crippen LogP contribution >= 0.6 is 0 Å². The van der Waals surface area contributed by atoms with Gasteiger partial charge in [0.2, 0.25) is 0 Å². The number of fused-ring (bicyclic) bond motifs is 1. The van der Waals surface area contributed by atoms with Crippen LogP contribution in [0.25, 0.3) is 5.76 Å². The van der Waals surface area contributed by atoms with Crippen molar-refractivity contribution in [1.82, 2.24) is 4.90 Å². The Kier molecular flexibility index (Phi) is 6.61. The number of rotatable bonds is 7. The van der Waals surface area contributed by atoms with E-state index in [2.05, 4.69) is 0 Å². The standard InChI is InChI=1S/C26H29NO5/c1-31-14-6-13-27-23(19-9-5-10-21(16-19)32-2)22(25(29)26(27)30)24(28)20-12-11-17-7-3-4-8-18(17)15-20/h5,9-12,15-16,23,28H,3-4,6-8,13-14H2,1-2H3/b24-22-. The number of aliphatic hydroxyl groups is 1. The molecule has 0 radical (unpaired) electrons. The van der Waals surface area contributed by atoms with E-state index in [1.807, 2.05) is 36.4 Å². The largest absolute Gasteiger partial charge is 0.507 e. The first-order valence-corrected chi connectivity index (χ1v) is 11.1. The van der Waals surface area contributed by atoms with Gasteiger partial charge in [-0.2, -0.15) is 0 Å². The van der Waals surface area contributed by atoms with Gasteiger partial charge in [0.25, 0.3) is 11.7 Å². The number of benzene rings is 2. The Morgan fingerprint density at radius 1 is 1.06 bits per heavy atom. The summed E-state index contributed by atoms with van der Waals surface area (Å²) in [4.78, 5) is 27.6. The molecule has 4 rings (SSSR count). The molecule has 2 aromatic rings. The Hall–Kier alpha value is -3.12. The molecule has 1 fully saturated rings. The maximum Gasteiger partial charge on any atom is 0.295 e. The van der Waals surface area contributed by atoms with Crippen LogP contribution in [0.15, 0.2) is 48.0 Å². The number of ketones is 1. The van der Waals surface area contributed by atoms with Crippen LogP contribution in [0, 0.1) is 0 Å². The third-order valence-corrected chi connectivity index (χ3v) is 6.32. The maximum atomic E-state index is 13.1. The Balaban J connectivity index is 1.81. The summed E-state index contributed by atoms with van der Waals surface area (Å²) in [6.07, 6.45) is 4.86. The van der Waals surface area contributed by atoms with Crippen molar-refractivity contribution in [2.75, 3.05) is 27.4 Å². The van der Waals surface area contributed by atoms with Crippen molar-refractivity contribution in [2.24, 2.45) is 0 Å². The van der Waals surface area contributed by atoms with Crippen LogP contribution in [0.2, 0.25) is 0 Å². The molecular weight excluding hydrogens is 406 g/mol. The molecule has 1 atom stereocenters. The number of ether oxygens (including phenoxy) is 2. The first kappa shape index (κ1) is 22.1. The van der Waals surface area contributed by atoms with Crippen LogP contribution in [-0.4, -0.2) is 49.1 Å². The van der Waals surface area contributed by atoms with Crippen molar-refractivity contribution >= 4 is 17.4 Å². The molecule has 1 aliphatic carbocycles. The number of likely N-dealkylation sites (tertiary alicyclic amines) is 1. The number of carbonyl (C=O) groups is 2. The van der Waals surface area contributed by atoms with Crippen molar-refractivity contribution in [2.45, 2.75) is 38.1 Å². The number of amides is 1. The van der Waals surface area contributed by atoms with Gasteiger partial charge in [0.1, 0.15) is 11.5 Å². The van der Waals surface area contributed by atoms with E-state index in [0.29, 0.717) is 30.9 Å². The van der Waals surface area contributed by atoms with E-state index in [0.717, 1.165) is 24.8 Å². The molecule has 1 amide bonds. The minimum Gasteiger partial charge on any atom is -0.507 e. The fourth-order valence-corrected chi connectivity index (χ4v) is 4.68. The topological polar surface area (TPSA) is 76.1 Å². The molecule has 0 saturated carbocycles. The van der Waals surface area contributed by atoms with Gasteiger partial charge in [0, 0.05) is 25.8 Å². The third-order valence-electron chi connectivity index (χ3n) is 6.32. The molecule has 2 aliphatic rings. The van der Waals surface area contributed by atoms with Crippen molar-refractivity contribution in [1.29, 1.82) is 0 Å². The smallest absolute Gasteiger partial charge is 0.295 e. The molecule has 0 aromatic heterocycles. The molecule has 2 aromatic carbocycles. The Morgan fingerprint density at radius 3 is 2.59 bits per heavy atom. The number of methoxy groups -OCH3 is 2. The van der Waals surface area contributed by atoms with Crippen LogP contribution < -0.4 is 4.74 Å². The molecule has 6 heteroatoms. The van der Waals surface area contributed by atoms with E-state index >= 15 is 0 Å². The van der Waals surface area contributed by atoms with Gasteiger partial charge in [0.15, 0.2) is 0 Å². The highest BCUT2D eigenvalue weighted by Crippen LogP contribution is 2.40. The third kappa shape index (κ3) is 4.15. The Labute approximate surface area is 188 Å². The lowest BCUT2D eigenvalue weighted by molar-refractivity contribution is -0.140. The van der Waals surface area contributed by atoms with Crippen molar-refractivity contribution in [3.63, 3.8) is 0 Å². The summed E-state index contributed by atoms with van der Waals surface area (Å²) in [6, 6.07) is 12.4. The van der Waals surface area contributed by atoms with Crippen LogP contribution in [0.5, 0.6) is 5.75 Å². The predicted octanol–water partition coefficient (Wildman–Crippen LogP) is 4.03. The second-order valence-corrected chi connectivity index (χ2v) is 8.31. The van der Waals surface area contributed by atoms with Gasteiger partial charge < -0.3 is 19.5 Å². The van der Waals surface area contributed by atoms with E-state index in [1.165, 1.54) is 22.4 Å². The molecule has 32 heavy (non-hydrogen) atoms. The maximum absolute atomic E-state index is 13.1. The zero-order chi connectivity index (χ0) is 22.7. The van der Waals surface area contributed by atoms with Crippen molar-refractivity contribution < 1.29 is 24.2 Å². The average molecular weight is 436 g/mol. The van der Waals surface area contributed by atoms with Gasteiger partial charge >= 0.3 is 0 Å². The van der Waals surface area contributed by atoms with Gasteiger partial charge in [-0.1, -0.05) is 24.3 Å². The van der Waals surface area contributed by atoms with Crippen LogP contribution in [-0.2, 0) is 27.2 Å². The first-order valence-electron chi connectivity index (χ1n) is 11.1. The summed E-state index contributed by atoms with van der Waals surface area (Å²) in [5.41, 5.74) is 3.91. The first-order chi connectivity index (χ1) is 15.5. The zero-order valence-electron chi connectivity index (χ0n) is 18.6. The zero-order valence-corrected chi connectivity index (χ0v) is 18.6. The summed E-state index contributed by atoms with van der Waals surface area (Å²) in [5, 5.41) is 11.3. The molecule has 0 spiro atoms. The number of carbonyl (C=O) groups excluding carboxylic acids is 2. The lowest BCUT2D eigenvalue weighted by Gasteiger charge is -2.25. The van der Waals surface area contributed by atoms with E-state index in [9.17, 15) is 14.7 Å². The summed E-state index contributed by atoms with van der Waals surface area (Å²) in [5.74, 6) is -0.767. The molecule has 1 unspecified atom stereocenters. The highest BCUT2D eigenvalue weighted by Gasteiger charge is 2.45. The van der Waals surface area contributed by atoms with Gasteiger partial charge in [-0.15, -0.1) is 0 Å². The number of nitrogens with zero attached hydrogens (tertiary/aromatic N) is 1. The molecule has 1 aliphatic heterocycles. The van der Waals surface area contributed by atoms with E-state index < -0.39 is 17.7 Å². The molecule has 168 valence electrons. The monoisotopic (exact) mass is 435 g/mol. The summed E-state index contributed by atoms with van der Waals surface area (Å²) in [7, 11) is 3.17. The van der Waals surface area contributed by atoms with Gasteiger partial charge in [-0.25, -0.2) is 0 Å². The number of aryl methyl sites for hydroxylation is 2. The van der Waals surface area contributed by atoms with E-state index in [-0.39, 0.29) is 11.3 Å². The normalized spacial score (nSPS) is 19.8. The minimum absolute atomic E-state index is 0.122. The lowest BCUT2D eigenvalue weighted by Crippen LogP contribution is -2.31. The quantitative estimate of drug-likeness (QED) is 0.308. The second kappa shape index (κ2) is 9.57. The fourth-order valence-electron chi connectivity index (χ4n) is 4.68. The average Bonchev–Trinajstić information content (AvgIpc) is 3.08. The van der Waals surface area contributed by atoms with Crippen molar-refractivity contribution in [3.05, 3.63) is 70.3 Å². The highest BCUT2D eigenvalue weighted by molar-refractivity contribution is 6.46. The molecule has 0 bridgehead atoms. The molecule has 1 saturated heterocycles. The molecule has 1 N–H and O–H groups in total. The number of hydrogen-bond acceptors (Lipinski definition) is 5. The number of hydrogen-bond donors (Lipinski definition) is 1. The van der Waals surface area contributed by atoms with E-state index in [1.54, 1.807) is 20.3 Å². The second-order valence-electron chi connectivity index (χ2n) is 8.31. The fraction of sp³-hybridized carbons (Fsp3) is 0.385. The van der Waals surface area contributed by atoms with Crippen LogP contribution in [0.1, 0.15) is 47.6 Å². The van der Waals surface area contributed by atoms with Gasteiger partial charge in [-0.3, -0.25) is 9.59 Å². The Bertz CT molecular complexity index is 1060. The Morgan fingerprint density at radius 2 is 1.84 bits per heavy atom. The summed E-state index contributed by atoms with van der Waals surface area (Å²) < 4.78 is 10.5. The van der Waals surface area contributed by atoms with Crippen LogP contribution in [0.3, 0.4) is 0 Å². The highest BCUT2D eigenvalue weighted by atomic mass is 16.5. The number of aliphatic hydroxyl groups excluding tert-OH is 1. The van der Waals surface area contributed by atoms with Gasteiger partial charge in [-0.05, 0) is 67.0 Å². The number of Topliss-reactive ketones (excluding diaryl/α,β-unsaturated/α-hetero) is 1. The van der Waals surface area contributed by atoms with Crippen LogP contribution in [0.4, 0.5) is 0 Å². The predicted molar refractivity (Wildman–Crippen MR) is 122 cm³/mol. The van der Waals surface area contributed by atoms with Gasteiger partial charge in [0.05, 0.1) is 18.7 Å². The lowest BCUT2D eigenvalue weighted by atomic mass is 9.88. The molecular formula is C26H29NO5. The summed E-state index contributed by atoms with van der Waals surface area (Å²) in [6.45, 7) is 0.819. The SMILES string of the molecule is COCCCN1C(=O)C(=O)/C(=C(\O)c2ccc3c(c2)CCCC3)C1c1cccc(OC)c1. The van der Waals surface area contributed by atoms with Crippen molar-refractivity contribution in [3.8, 4) is 5.75 Å².